The molecule has 0 radical (unpaired) electrons. The van der Waals surface area contributed by atoms with Gasteiger partial charge in [-0.2, -0.15) is 0 Å². The Bertz CT molecular complexity index is 361. The number of hydrogen-bond donors (Lipinski definition) is 0. The van der Waals surface area contributed by atoms with E-state index in [0.717, 1.165) is 0 Å². The Morgan fingerprint density at radius 3 is 1.83 bits per heavy atom. The first-order valence-electron chi connectivity index (χ1n) is 8.05. The summed E-state index contributed by atoms with van der Waals surface area (Å²) in [5, 5.41) is 0. The van der Waals surface area contributed by atoms with Crippen LogP contribution in [-0.2, 0) is 23.7 Å². The van der Waals surface area contributed by atoms with Gasteiger partial charge in [0.15, 0.2) is 0 Å². The predicted molar refractivity (Wildman–Crippen MR) is 91.0 cm³/mol. The van der Waals surface area contributed by atoms with E-state index in [1.807, 2.05) is 20.8 Å². The maximum absolute atomic E-state index is 11.7. The van der Waals surface area contributed by atoms with Gasteiger partial charge in [-0.3, -0.25) is 0 Å². The smallest absolute Gasteiger partial charge is 0.410 e. The summed E-state index contributed by atoms with van der Waals surface area (Å²) in [4.78, 5) is 13.2. The summed E-state index contributed by atoms with van der Waals surface area (Å²) in [6.07, 6.45) is 4.69. The topological polar surface area (TPSA) is 66.5 Å². The highest BCUT2D eigenvalue weighted by molar-refractivity contribution is 5.67. The first kappa shape index (κ1) is 22.7. The molecule has 24 heavy (non-hydrogen) atoms. The maximum Gasteiger partial charge on any atom is 0.410 e. The van der Waals surface area contributed by atoms with E-state index in [-0.39, 0.29) is 6.09 Å². The Balaban J connectivity index is 3.33. The van der Waals surface area contributed by atoms with Crippen LogP contribution in [0.5, 0.6) is 0 Å². The second-order valence-electron chi connectivity index (χ2n) is 6.00. The van der Waals surface area contributed by atoms with Crippen LogP contribution in [0.15, 0.2) is 0 Å². The van der Waals surface area contributed by atoms with Gasteiger partial charge in [-0.25, -0.2) is 4.79 Å². The number of amides is 1. The quantitative estimate of drug-likeness (QED) is 0.373. The average molecular weight is 345 g/mol. The van der Waals surface area contributed by atoms with E-state index in [9.17, 15) is 4.79 Å². The fourth-order valence-electron chi connectivity index (χ4n) is 1.42. The van der Waals surface area contributed by atoms with Crippen molar-refractivity contribution in [2.45, 2.75) is 26.4 Å². The lowest BCUT2D eigenvalue weighted by Crippen LogP contribution is -2.36. The molecule has 0 aromatic heterocycles. The van der Waals surface area contributed by atoms with Gasteiger partial charge >= 0.3 is 6.09 Å². The largest absolute Gasteiger partial charge is 0.444 e. The van der Waals surface area contributed by atoms with Crippen molar-refractivity contribution < 1.29 is 28.5 Å². The van der Waals surface area contributed by atoms with Gasteiger partial charge in [0.05, 0.1) is 46.2 Å². The highest BCUT2D eigenvalue weighted by atomic mass is 16.6. The summed E-state index contributed by atoms with van der Waals surface area (Å²) in [5.74, 6) is 2.38. The second kappa shape index (κ2) is 14.1. The third kappa shape index (κ3) is 15.6. The minimum atomic E-state index is -0.491. The van der Waals surface area contributed by atoms with Crippen molar-refractivity contribution in [2.75, 3.05) is 66.4 Å². The highest BCUT2D eigenvalue weighted by Gasteiger charge is 2.19. The number of carbonyl (C=O) groups is 1. The maximum atomic E-state index is 11.7. The molecule has 0 spiro atoms. The minimum Gasteiger partial charge on any atom is -0.444 e. The van der Waals surface area contributed by atoms with Crippen molar-refractivity contribution in [3.05, 3.63) is 0 Å². The molecule has 0 rings (SSSR count). The lowest BCUT2D eigenvalue weighted by atomic mass is 10.2. The number of nitrogens with zero attached hydrogens (tertiary/aromatic N) is 1. The van der Waals surface area contributed by atoms with Crippen LogP contribution in [0.25, 0.3) is 0 Å². The molecule has 0 aromatic rings. The van der Waals surface area contributed by atoms with E-state index >= 15 is 0 Å². The summed E-state index contributed by atoms with van der Waals surface area (Å²) >= 11 is 0. The van der Waals surface area contributed by atoms with E-state index in [1.54, 1.807) is 7.05 Å². The summed E-state index contributed by atoms with van der Waals surface area (Å²) in [7, 11) is 1.68. The number of hydrogen-bond acceptors (Lipinski definition) is 6. The first-order chi connectivity index (χ1) is 11.4. The summed E-state index contributed by atoms with van der Waals surface area (Å²) in [6, 6.07) is 0. The SMILES string of the molecule is C#CCOCCOCCOCCOCCN(C)C(=O)OC(C)(C)C. The van der Waals surface area contributed by atoms with Gasteiger partial charge in [-0.15, -0.1) is 6.42 Å². The Morgan fingerprint density at radius 2 is 1.38 bits per heavy atom. The van der Waals surface area contributed by atoms with Gasteiger partial charge in [0, 0.05) is 13.6 Å². The zero-order chi connectivity index (χ0) is 18.3. The molecule has 0 bridgehead atoms. The van der Waals surface area contributed by atoms with E-state index < -0.39 is 5.60 Å². The zero-order valence-electron chi connectivity index (χ0n) is 15.3. The molecule has 0 saturated heterocycles. The van der Waals surface area contributed by atoms with Crippen LogP contribution >= 0.6 is 0 Å². The van der Waals surface area contributed by atoms with E-state index in [4.69, 9.17) is 30.1 Å². The molecule has 0 aliphatic carbocycles. The molecule has 0 atom stereocenters. The summed E-state index contributed by atoms with van der Waals surface area (Å²) in [6.45, 7) is 9.63. The average Bonchev–Trinajstić information content (AvgIpc) is 2.50. The number of rotatable bonds is 13. The number of ether oxygens (including phenoxy) is 5. The van der Waals surface area contributed by atoms with Gasteiger partial charge in [0.25, 0.3) is 0 Å². The van der Waals surface area contributed by atoms with Crippen molar-refractivity contribution in [1.82, 2.24) is 4.90 Å². The molecule has 7 heteroatoms. The molecule has 0 fully saturated rings. The summed E-state index contributed by atoms with van der Waals surface area (Å²) in [5.41, 5.74) is -0.491. The number of likely N-dealkylation sites (N-methyl/N-ethyl adjacent to an activating group) is 1. The third-order valence-corrected chi connectivity index (χ3v) is 2.58. The van der Waals surface area contributed by atoms with Crippen molar-refractivity contribution in [3.8, 4) is 12.3 Å². The molecular weight excluding hydrogens is 314 g/mol. The van der Waals surface area contributed by atoms with Crippen LogP contribution in [0.2, 0.25) is 0 Å². The van der Waals surface area contributed by atoms with Crippen molar-refractivity contribution in [2.24, 2.45) is 0 Å². The molecule has 0 aliphatic rings. The lowest BCUT2D eigenvalue weighted by Gasteiger charge is -2.24. The fraction of sp³-hybridized carbons (Fsp3) is 0.824. The van der Waals surface area contributed by atoms with Gasteiger partial charge < -0.3 is 28.6 Å². The Kier molecular flexibility index (Phi) is 13.3. The molecular formula is C17H31NO6. The van der Waals surface area contributed by atoms with Crippen LogP contribution in [0.3, 0.4) is 0 Å². The minimum absolute atomic E-state index is 0.306. The van der Waals surface area contributed by atoms with Crippen LogP contribution < -0.4 is 0 Å². The van der Waals surface area contributed by atoms with Crippen molar-refractivity contribution >= 4 is 6.09 Å². The second-order valence-corrected chi connectivity index (χ2v) is 6.00. The van der Waals surface area contributed by atoms with Crippen LogP contribution in [0, 0.1) is 12.3 Å². The fourth-order valence-corrected chi connectivity index (χ4v) is 1.42. The molecule has 7 nitrogen and oxygen atoms in total. The van der Waals surface area contributed by atoms with E-state index in [1.165, 1.54) is 4.90 Å². The molecule has 0 aromatic carbocycles. The third-order valence-electron chi connectivity index (χ3n) is 2.58. The summed E-state index contributed by atoms with van der Waals surface area (Å²) < 4.78 is 26.3. The van der Waals surface area contributed by atoms with Crippen LogP contribution in [-0.4, -0.2) is 83.0 Å². The Labute approximate surface area is 145 Å². The molecule has 0 N–H and O–H groups in total. The van der Waals surface area contributed by atoms with Crippen molar-refractivity contribution in [1.29, 1.82) is 0 Å². The predicted octanol–water partition coefficient (Wildman–Crippen LogP) is 1.55. The molecule has 140 valence electrons. The first-order valence-corrected chi connectivity index (χ1v) is 8.05. The Morgan fingerprint density at radius 1 is 0.917 bits per heavy atom. The van der Waals surface area contributed by atoms with Gasteiger partial charge in [-0.1, -0.05) is 5.92 Å². The van der Waals surface area contributed by atoms with Crippen LogP contribution in [0.1, 0.15) is 20.8 Å². The van der Waals surface area contributed by atoms with E-state index in [2.05, 4.69) is 5.92 Å². The van der Waals surface area contributed by atoms with Crippen molar-refractivity contribution in [3.63, 3.8) is 0 Å². The molecule has 0 heterocycles. The van der Waals surface area contributed by atoms with E-state index in [0.29, 0.717) is 59.4 Å². The van der Waals surface area contributed by atoms with Gasteiger partial charge in [0.1, 0.15) is 12.2 Å². The number of carbonyl (C=O) groups excluding carboxylic acids is 1. The molecule has 1 amide bonds. The standard InChI is InChI=1S/C17H31NO6/c1-6-8-20-10-12-22-14-15-23-13-11-21-9-7-18(5)16(19)24-17(2,3)4/h1H,7-15H2,2-5H3. The normalized spacial score (nSPS) is 11.1. The molecule has 0 unspecified atom stereocenters. The van der Waals surface area contributed by atoms with Gasteiger partial charge in [-0.05, 0) is 20.8 Å². The van der Waals surface area contributed by atoms with Crippen LogP contribution in [0.4, 0.5) is 4.79 Å². The number of terminal acetylenes is 1. The van der Waals surface area contributed by atoms with Gasteiger partial charge in [0.2, 0.25) is 0 Å². The monoisotopic (exact) mass is 345 g/mol. The lowest BCUT2D eigenvalue weighted by molar-refractivity contribution is -0.00340. The zero-order valence-corrected chi connectivity index (χ0v) is 15.3. The highest BCUT2D eigenvalue weighted by Crippen LogP contribution is 2.08. The molecule has 0 aliphatic heterocycles. The Hall–Kier alpha value is -1.33. The molecule has 0 saturated carbocycles.